The molecule has 1 aliphatic rings. The Kier molecular flexibility index (Phi) is 3.63. The Morgan fingerprint density at radius 2 is 1.55 bits per heavy atom. The lowest BCUT2D eigenvalue weighted by molar-refractivity contribution is 0.0747. The van der Waals surface area contributed by atoms with E-state index in [9.17, 15) is 4.79 Å². The molecule has 0 radical (unpaired) electrons. The number of aromatic nitrogens is 1. The Balaban J connectivity index is 1.63. The van der Waals surface area contributed by atoms with E-state index in [4.69, 9.17) is 0 Å². The van der Waals surface area contributed by atoms with E-state index in [0.717, 1.165) is 31.7 Å². The van der Waals surface area contributed by atoms with Crippen molar-refractivity contribution in [1.82, 2.24) is 9.88 Å². The van der Waals surface area contributed by atoms with Gasteiger partial charge >= 0.3 is 0 Å². The van der Waals surface area contributed by atoms with Gasteiger partial charge in [-0.15, -0.1) is 0 Å². The molecule has 0 aliphatic carbocycles. The van der Waals surface area contributed by atoms with Crippen LogP contribution in [0, 0.1) is 0 Å². The quantitative estimate of drug-likeness (QED) is 0.835. The van der Waals surface area contributed by atoms with Crippen LogP contribution in [0.1, 0.15) is 10.4 Å². The van der Waals surface area contributed by atoms with Gasteiger partial charge in [-0.3, -0.25) is 9.78 Å². The van der Waals surface area contributed by atoms with Gasteiger partial charge in [-0.1, -0.05) is 18.2 Å². The van der Waals surface area contributed by atoms with E-state index < -0.39 is 0 Å². The molecule has 3 rings (SSSR count). The summed E-state index contributed by atoms with van der Waals surface area (Å²) in [5.41, 5.74) is 1.94. The number of piperazine rings is 1. The van der Waals surface area contributed by atoms with Gasteiger partial charge < -0.3 is 9.80 Å². The molecule has 1 fully saturated rings. The normalized spacial score (nSPS) is 15.2. The molecule has 4 heteroatoms. The minimum atomic E-state index is 0.125. The lowest BCUT2D eigenvalue weighted by atomic mass is 10.2. The fraction of sp³-hybridized carbons (Fsp3) is 0.250. The van der Waals surface area contributed by atoms with Crippen molar-refractivity contribution in [3.63, 3.8) is 0 Å². The van der Waals surface area contributed by atoms with Crippen LogP contribution in [-0.4, -0.2) is 42.0 Å². The summed E-state index contributed by atoms with van der Waals surface area (Å²) in [7, 11) is 0. The summed E-state index contributed by atoms with van der Waals surface area (Å²) in [6.45, 7) is 3.25. The molecule has 2 heterocycles. The van der Waals surface area contributed by atoms with Gasteiger partial charge in [0.2, 0.25) is 0 Å². The van der Waals surface area contributed by atoms with E-state index in [2.05, 4.69) is 9.88 Å². The largest absolute Gasteiger partial charge is 0.368 e. The minimum absolute atomic E-state index is 0.125. The molecule has 0 spiro atoms. The molecule has 20 heavy (non-hydrogen) atoms. The summed E-state index contributed by atoms with van der Waals surface area (Å²) in [4.78, 5) is 20.6. The van der Waals surface area contributed by atoms with Gasteiger partial charge in [0, 0.05) is 49.8 Å². The van der Waals surface area contributed by atoms with Crippen molar-refractivity contribution in [2.45, 2.75) is 0 Å². The summed E-state index contributed by atoms with van der Waals surface area (Å²) >= 11 is 0. The van der Waals surface area contributed by atoms with E-state index in [1.54, 1.807) is 12.4 Å². The lowest BCUT2D eigenvalue weighted by Gasteiger charge is -2.36. The first-order valence-electron chi connectivity index (χ1n) is 6.84. The summed E-state index contributed by atoms with van der Waals surface area (Å²) in [5.74, 6) is 0.125. The highest BCUT2D eigenvalue weighted by Gasteiger charge is 2.21. The fourth-order valence-corrected chi connectivity index (χ4v) is 2.49. The number of rotatable bonds is 2. The SMILES string of the molecule is O=C(c1ccccc1)N1CCN(c2ccncc2)CC1. The molecule has 1 aromatic carbocycles. The topological polar surface area (TPSA) is 36.4 Å². The number of amides is 1. The molecule has 1 aromatic heterocycles. The molecule has 0 bridgehead atoms. The van der Waals surface area contributed by atoms with Crippen LogP contribution in [0.2, 0.25) is 0 Å². The van der Waals surface area contributed by atoms with Gasteiger partial charge in [-0.25, -0.2) is 0 Å². The average Bonchev–Trinajstić information content (AvgIpc) is 2.56. The van der Waals surface area contributed by atoms with Crippen molar-refractivity contribution in [3.8, 4) is 0 Å². The lowest BCUT2D eigenvalue weighted by Crippen LogP contribution is -2.48. The molecule has 2 aromatic rings. The molecule has 0 atom stereocenters. The third-order valence-electron chi connectivity index (χ3n) is 3.62. The van der Waals surface area contributed by atoms with Crippen LogP contribution in [0.25, 0.3) is 0 Å². The van der Waals surface area contributed by atoms with Crippen LogP contribution in [0.4, 0.5) is 5.69 Å². The second-order valence-electron chi connectivity index (χ2n) is 4.85. The molecule has 1 aliphatic heterocycles. The summed E-state index contributed by atoms with van der Waals surface area (Å²) in [5, 5.41) is 0. The third kappa shape index (κ3) is 2.64. The van der Waals surface area contributed by atoms with Gasteiger partial charge in [0.05, 0.1) is 0 Å². The van der Waals surface area contributed by atoms with Crippen molar-refractivity contribution in [1.29, 1.82) is 0 Å². The predicted molar refractivity (Wildman–Crippen MR) is 78.8 cm³/mol. The smallest absolute Gasteiger partial charge is 0.253 e. The van der Waals surface area contributed by atoms with Gasteiger partial charge in [-0.05, 0) is 24.3 Å². The van der Waals surface area contributed by atoms with E-state index in [-0.39, 0.29) is 5.91 Å². The molecule has 0 saturated carbocycles. The average molecular weight is 267 g/mol. The van der Waals surface area contributed by atoms with Gasteiger partial charge in [-0.2, -0.15) is 0 Å². The molecular formula is C16H17N3O. The van der Waals surface area contributed by atoms with Gasteiger partial charge in [0.15, 0.2) is 0 Å². The third-order valence-corrected chi connectivity index (χ3v) is 3.62. The first-order chi connectivity index (χ1) is 9.84. The van der Waals surface area contributed by atoms with E-state index >= 15 is 0 Å². The Bertz CT molecular complexity index is 563. The number of pyridine rings is 1. The number of carbonyl (C=O) groups excluding carboxylic acids is 1. The van der Waals surface area contributed by atoms with Gasteiger partial charge in [0.1, 0.15) is 0 Å². The molecule has 0 N–H and O–H groups in total. The predicted octanol–water partition coefficient (Wildman–Crippen LogP) is 2.04. The highest BCUT2D eigenvalue weighted by atomic mass is 16.2. The van der Waals surface area contributed by atoms with Crippen LogP contribution in [0.15, 0.2) is 54.9 Å². The molecule has 1 saturated heterocycles. The molecule has 1 amide bonds. The second-order valence-corrected chi connectivity index (χ2v) is 4.85. The van der Waals surface area contributed by atoms with Crippen molar-refractivity contribution in [2.24, 2.45) is 0 Å². The van der Waals surface area contributed by atoms with E-state index in [1.807, 2.05) is 47.4 Å². The Morgan fingerprint density at radius 3 is 2.20 bits per heavy atom. The van der Waals surface area contributed by atoms with Crippen LogP contribution < -0.4 is 4.90 Å². The fourth-order valence-electron chi connectivity index (χ4n) is 2.49. The number of anilines is 1. The zero-order valence-electron chi connectivity index (χ0n) is 11.3. The first-order valence-corrected chi connectivity index (χ1v) is 6.84. The standard InChI is InChI=1S/C16H17N3O/c20-16(14-4-2-1-3-5-14)19-12-10-18(11-13-19)15-6-8-17-9-7-15/h1-9H,10-13H2. The maximum absolute atomic E-state index is 12.3. The van der Waals surface area contributed by atoms with Crippen molar-refractivity contribution >= 4 is 11.6 Å². The molecular weight excluding hydrogens is 250 g/mol. The number of benzene rings is 1. The van der Waals surface area contributed by atoms with Crippen LogP contribution in [0.3, 0.4) is 0 Å². The van der Waals surface area contributed by atoms with Crippen LogP contribution in [-0.2, 0) is 0 Å². The maximum Gasteiger partial charge on any atom is 0.253 e. The monoisotopic (exact) mass is 267 g/mol. The first kappa shape index (κ1) is 12.7. The Labute approximate surface area is 118 Å². The summed E-state index contributed by atoms with van der Waals surface area (Å²) in [6, 6.07) is 13.5. The summed E-state index contributed by atoms with van der Waals surface area (Å²) in [6.07, 6.45) is 3.60. The highest BCUT2D eigenvalue weighted by molar-refractivity contribution is 5.94. The van der Waals surface area contributed by atoms with E-state index in [0.29, 0.717) is 0 Å². The number of carbonyl (C=O) groups is 1. The Hall–Kier alpha value is -2.36. The van der Waals surface area contributed by atoms with Crippen LogP contribution in [0.5, 0.6) is 0 Å². The maximum atomic E-state index is 12.3. The highest BCUT2D eigenvalue weighted by Crippen LogP contribution is 2.16. The second kappa shape index (κ2) is 5.74. The molecule has 102 valence electrons. The number of hydrogen-bond acceptors (Lipinski definition) is 3. The Morgan fingerprint density at radius 1 is 0.900 bits per heavy atom. The number of hydrogen-bond donors (Lipinski definition) is 0. The zero-order chi connectivity index (χ0) is 13.8. The minimum Gasteiger partial charge on any atom is -0.368 e. The van der Waals surface area contributed by atoms with Crippen molar-refractivity contribution < 1.29 is 4.79 Å². The molecule has 4 nitrogen and oxygen atoms in total. The van der Waals surface area contributed by atoms with Crippen molar-refractivity contribution in [2.75, 3.05) is 31.1 Å². The zero-order valence-corrected chi connectivity index (χ0v) is 11.3. The molecule has 0 unspecified atom stereocenters. The van der Waals surface area contributed by atoms with Crippen molar-refractivity contribution in [3.05, 3.63) is 60.4 Å². The van der Waals surface area contributed by atoms with E-state index in [1.165, 1.54) is 5.69 Å². The van der Waals surface area contributed by atoms with Gasteiger partial charge in [0.25, 0.3) is 5.91 Å². The van der Waals surface area contributed by atoms with Crippen LogP contribution >= 0.6 is 0 Å². The summed E-state index contributed by atoms with van der Waals surface area (Å²) < 4.78 is 0. The number of nitrogens with zero attached hydrogens (tertiary/aromatic N) is 3.